The number of halogens is 1. The van der Waals surface area contributed by atoms with Crippen molar-refractivity contribution in [2.24, 2.45) is 0 Å². The fourth-order valence-corrected chi connectivity index (χ4v) is 2.32. The molecule has 0 N–H and O–H groups in total. The van der Waals surface area contributed by atoms with Gasteiger partial charge < -0.3 is 4.74 Å². The molecule has 0 aliphatic rings. The number of benzene rings is 2. The van der Waals surface area contributed by atoms with Gasteiger partial charge in [0.2, 0.25) is 0 Å². The Labute approximate surface area is 124 Å². The van der Waals surface area contributed by atoms with Crippen molar-refractivity contribution in [1.82, 2.24) is 0 Å². The Balaban J connectivity index is 2.21. The Morgan fingerprint density at radius 1 is 1.10 bits per heavy atom. The number of Topliss-reactive ketones (excluding diaryl/α,β-unsaturated/α-hetero) is 1. The molecular formula is C17H17ClO2. The number of rotatable bonds is 4. The van der Waals surface area contributed by atoms with Crippen molar-refractivity contribution in [1.29, 1.82) is 0 Å². The number of ketones is 1. The van der Waals surface area contributed by atoms with Crippen LogP contribution in [0.1, 0.15) is 27.0 Å². The Kier molecular flexibility index (Phi) is 4.46. The molecule has 0 bridgehead atoms. The summed E-state index contributed by atoms with van der Waals surface area (Å²) < 4.78 is 5.08. The van der Waals surface area contributed by atoms with Crippen molar-refractivity contribution >= 4 is 17.4 Å². The smallest absolute Gasteiger partial charge is 0.168 e. The SMILES string of the molecule is COc1ccc(C(=O)Cc2ccc(C)c(C)c2)c(Cl)c1. The quantitative estimate of drug-likeness (QED) is 0.780. The first-order chi connectivity index (χ1) is 9.51. The van der Waals surface area contributed by atoms with E-state index in [1.165, 1.54) is 11.1 Å². The minimum atomic E-state index is 0.0147. The van der Waals surface area contributed by atoms with Gasteiger partial charge in [-0.15, -0.1) is 0 Å². The molecule has 0 radical (unpaired) electrons. The summed E-state index contributed by atoms with van der Waals surface area (Å²) in [5, 5.41) is 0.429. The van der Waals surface area contributed by atoms with E-state index in [4.69, 9.17) is 16.3 Å². The summed E-state index contributed by atoms with van der Waals surface area (Å²) in [6.45, 7) is 4.10. The zero-order valence-corrected chi connectivity index (χ0v) is 12.6. The van der Waals surface area contributed by atoms with Gasteiger partial charge >= 0.3 is 0 Å². The van der Waals surface area contributed by atoms with E-state index >= 15 is 0 Å². The maximum absolute atomic E-state index is 12.3. The van der Waals surface area contributed by atoms with Gasteiger partial charge in [0, 0.05) is 12.0 Å². The van der Waals surface area contributed by atoms with E-state index < -0.39 is 0 Å². The molecule has 104 valence electrons. The highest BCUT2D eigenvalue weighted by molar-refractivity contribution is 6.34. The summed E-state index contributed by atoms with van der Waals surface area (Å²) >= 11 is 6.12. The first kappa shape index (κ1) is 14.6. The number of hydrogen-bond acceptors (Lipinski definition) is 2. The van der Waals surface area contributed by atoms with Crippen LogP contribution in [-0.4, -0.2) is 12.9 Å². The number of hydrogen-bond donors (Lipinski definition) is 0. The maximum Gasteiger partial charge on any atom is 0.168 e. The molecule has 0 fully saturated rings. The first-order valence-corrected chi connectivity index (χ1v) is 6.82. The summed E-state index contributed by atoms with van der Waals surface area (Å²) in [5.74, 6) is 0.665. The fraction of sp³-hybridized carbons (Fsp3) is 0.235. The summed E-state index contributed by atoms with van der Waals surface area (Å²) in [5.41, 5.74) is 3.95. The van der Waals surface area contributed by atoms with E-state index in [1.807, 2.05) is 25.1 Å². The predicted molar refractivity (Wildman–Crippen MR) is 82.0 cm³/mol. The van der Waals surface area contributed by atoms with Crippen LogP contribution in [0.5, 0.6) is 5.75 Å². The van der Waals surface area contributed by atoms with Crippen LogP contribution < -0.4 is 4.74 Å². The van der Waals surface area contributed by atoms with E-state index in [2.05, 4.69) is 6.92 Å². The molecule has 0 amide bonds. The predicted octanol–water partition coefficient (Wildman–Crippen LogP) is 4.39. The monoisotopic (exact) mass is 288 g/mol. The van der Waals surface area contributed by atoms with Crippen LogP contribution in [0.4, 0.5) is 0 Å². The topological polar surface area (TPSA) is 26.3 Å². The van der Waals surface area contributed by atoms with Gasteiger partial charge in [0.15, 0.2) is 5.78 Å². The van der Waals surface area contributed by atoms with Gasteiger partial charge in [-0.3, -0.25) is 4.79 Å². The molecule has 0 saturated heterocycles. The Morgan fingerprint density at radius 2 is 1.85 bits per heavy atom. The van der Waals surface area contributed by atoms with Crippen LogP contribution in [-0.2, 0) is 6.42 Å². The molecule has 0 aliphatic carbocycles. The van der Waals surface area contributed by atoms with Gasteiger partial charge in [0.25, 0.3) is 0 Å². The number of methoxy groups -OCH3 is 1. The van der Waals surface area contributed by atoms with Crippen LogP contribution in [0.25, 0.3) is 0 Å². The second kappa shape index (κ2) is 6.10. The largest absolute Gasteiger partial charge is 0.497 e. The highest BCUT2D eigenvalue weighted by Gasteiger charge is 2.12. The van der Waals surface area contributed by atoms with Gasteiger partial charge in [0.05, 0.1) is 12.1 Å². The Hall–Kier alpha value is -1.80. The van der Waals surface area contributed by atoms with Crippen LogP contribution >= 0.6 is 11.6 Å². The lowest BCUT2D eigenvalue weighted by Crippen LogP contribution is -2.05. The average molecular weight is 289 g/mol. The zero-order valence-electron chi connectivity index (χ0n) is 11.9. The minimum absolute atomic E-state index is 0.0147. The molecule has 0 spiro atoms. The third kappa shape index (κ3) is 3.20. The van der Waals surface area contributed by atoms with Gasteiger partial charge in [-0.2, -0.15) is 0 Å². The fourth-order valence-electron chi connectivity index (χ4n) is 2.04. The summed E-state index contributed by atoms with van der Waals surface area (Å²) in [6.07, 6.45) is 0.354. The molecule has 0 saturated carbocycles. The van der Waals surface area contributed by atoms with Crippen molar-refractivity contribution in [2.75, 3.05) is 7.11 Å². The Bertz CT molecular complexity index is 647. The molecule has 0 aliphatic heterocycles. The minimum Gasteiger partial charge on any atom is -0.497 e. The number of ether oxygens (including phenoxy) is 1. The third-order valence-electron chi connectivity index (χ3n) is 3.41. The van der Waals surface area contributed by atoms with Gasteiger partial charge in [0.1, 0.15) is 5.75 Å². The molecule has 2 aromatic carbocycles. The van der Waals surface area contributed by atoms with Crippen LogP contribution in [0.3, 0.4) is 0 Å². The summed E-state index contributed by atoms with van der Waals surface area (Å²) in [6, 6.07) is 11.2. The molecule has 0 atom stereocenters. The average Bonchev–Trinajstić information content (AvgIpc) is 2.42. The first-order valence-electron chi connectivity index (χ1n) is 6.44. The molecule has 2 rings (SSSR count). The van der Waals surface area contributed by atoms with Crippen LogP contribution in [0, 0.1) is 13.8 Å². The van der Waals surface area contributed by atoms with E-state index in [0.717, 1.165) is 5.56 Å². The highest BCUT2D eigenvalue weighted by atomic mass is 35.5. The van der Waals surface area contributed by atoms with Gasteiger partial charge in [-0.1, -0.05) is 29.8 Å². The summed E-state index contributed by atoms with van der Waals surface area (Å²) in [7, 11) is 1.57. The second-order valence-electron chi connectivity index (χ2n) is 4.86. The van der Waals surface area contributed by atoms with E-state index in [9.17, 15) is 4.79 Å². The van der Waals surface area contributed by atoms with Crippen molar-refractivity contribution < 1.29 is 9.53 Å². The molecule has 20 heavy (non-hydrogen) atoms. The summed E-state index contributed by atoms with van der Waals surface area (Å²) in [4.78, 5) is 12.3. The van der Waals surface area contributed by atoms with Crippen molar-refractivity contribution in [3.63, 3.8) is 0 Å². The number of carbonyl (C=O) groups excluding carboxylic acids is 1. The van der Waals surface area contributed by atoms with Gasteiger partial charge in [-0.05, 0) is 48.7 Å². The van der Waals surface area contributed by atoms with E-state index in [0.29, 0.717) is 22.8 Å². The Morgan fingerprint density at radius 3 is 2.45 bits per heavy atom. The van der Waals surface area contributed by atoms with E-state index in [-0.39, 0.29) is 5.78 Å². The lowest BCUT2D eigenvalue weighted by molar-refractivity contribution is 0.0993. The molecular weight excluding hydrogens is 272 g/mol. The number of carbonyl (C=O) groups is 1. The van der Waals surface area contributed by atoms with E-state index in [1.54, 1.807) is 25.3 Å². The zero-order chi connectivity index (χ0) is 14.7. The second-order valence-corrected chi connectivity index (χ2v) is 5.27. The normalized spacial score (nSPS) is 10.4. The van der Waals surface area contributed by atoms with Crippen molar-refractivity contribution in [3.05, 3.63) is 63.7 Å². The van der Waals surface area contributed by atoms with Gasteiger partial charge in [-0.25, -0.2) is 0 Å². The number of aryl methyl sites for hydroxylation is 2. The lowest BCUT2D eigenvalue weighted by atomic mass is 9.99. The maximum atomic E-state index is 12.3. The third-order valence-corrected chi connectivity index (χ3v) is 3.73. The lowest BCUT2D eigenvalue weighted by Gasteiger charge is -2.07. The molecule has 3 heteroatoms. The molecule has 0 unspecified atom stereocenters. The van der Waals surface area contributed by atoms with Crippen LogP contribution in [0.2, 0.25) is 5.02 Å². The molecule has 2 aromatic rings. The van der Waals surface area contributed by atoms with Crippen molar-refractivity contribution in [3.8, 4) is 5.75 Å². The molecule has 2 nitrogen and oxygen atoms in total. The van der Waals surface area contributed by atoms with Crippen molar-refractivity contribution in [2.45, 2.75) is 20.3 Å². The standard InChI is InChI=1S/C17H17ClO2/c1-11-4-5-13(8-12(11)2)9-17(19)15-7-6-14(20-3)10-16(15)18/h4-8,10H,9H2,1-3H3. The molecule has 0 heterocycles. The highest BCUT2D eigenvalue weighted by Crippen LogP contribution is 2.24. The van der Waals surface area contributed by atoms with Crippen LogP contribution in [0.15, 0.2) is 36.4 Å². The molecule has 0 aromatic heterocycles.